The van der Waals surface area contributed by atoms with E-state index in [0.29, 0.717) is 12.0 Å². The van der Waals surface area contributed by atoms with Crippen LogP contribution in [-0.2, 0) is 11.3 Å². The van der Waals surface area contributed by atoms with Crippen LogP contribution in [0.1, 0.15) is 36.8 Å². The van der Waals surface area contributed by atoms with E-state index in [1.165, 1.54) is 11.1 Å². The lowest BCUT2D eigenvalue weighted by Gasteiger charge is -2.41. The van der Waals surface area contributed by atoms with Crippen LogP contribution in [0.4, 0.5) is 0 Å². The van der Waals surface area contributed by atoms with Crippen molar-refractivity contribution in [2.24, 2.45) is 0 Å². The van der Waals surface area contributed by atoms with Crippen LogP contribution in [0.2, 0.25) is 5.02 Å². The van der Waals surface area contributed by atoms with Gasteiger partial charge in [-0.05, 0) is 54.8 Å². The molecule has 2 aromatic rings. The topological polar surface area (TPSA) is 32.8 Å². The maximum atomic E-state index is 12.4. The van der Waals surface area contributed by atoms with Crippen LogP contribution in [-0.4, -0.2) is 48.0 Å². The van der Waals surface area contributed by atoms with Gasteiger partial charge in [-0.25, -0.2) is 0 Å². The molecule has 148 valence electrons. The summed E-state index contributed by atoms with van der Waals surface area (Å²) in [5.74, 6) is 1.34. The number of amides is 1. The number of carbonyl (C=O) groups is 1. The van der Waals surface area contributed by atoms with E-state index in [4.69, 9.17) is 16.3 Å². The monoisotopic (exact) mass is 398 g/mol. The molecule has 0 bridgehead atoms. The maximum Gasteiger partial charge on any atom is 0.219 e. The number of benzene rings is 2. The number of fused-ring (bicyclic) bond motifs is 1. The Balaban J connectivity index is 1.65. The lowest BCUT2D eigenvalue weighted by Crippen LogP contribution is -2.51. The molecule has 0 aliphatic carbocycles. The Hall–Kier alpha value is -2.04. The van der Waals surface area contributed by atoms with Crippen LogP contribution >= 0.6 is 11.6 Å². The van der Waals surface area contributed by atoms with E-state index < -0.39 is 0 Å². The summed E-state index contributed by atoms with van der Waals surface area (Å²) in [4.78, 5) is 17.0. The Kier molecular flexibility index (Phi) is 5.61. The molecule has 4 nitrogen and oxygen atoms in total. The highest BCUT2D eigenvalue weighted by Gasteiger charge is 2.47. The van der Waals surface area contributed by atoms with E-state index in [1.807, 2.05) is 30.3 Å². The van der Waals surface area contributed by atoms with Crippen molar-refractivity contribution in [3.05, 3.63) is 64.7 Å². The summed E-state index contributed by atoms with van der Waals surface area (Å²) in [6.45, 7) is 4.39. The van der Waals surface area contributed by atoms with E-state index in [-0.39, 0.29) is 11.9 Å². The molecular weight excluding hydrogens is 372 g/mol. The number of hydrogen-bond donors (Lipinski definition) is 0. The molecule has 1 amide bonds. The van der Waals surface area contributed by atoms with E-state index in [9.17, 15) is 4.79 Å². The van der Waals surface area contributed by atoms with Crippen LogP contribution in [0, 0.1) is 0 Å². The summed E-state index contributed by atoms with van der Waals surface area (Å²) in [6, 6.07) is 17.0. The van der Waals surface area contributed by atoms with Crippen LogP contribution < -0.4 is 4.74 Å². The third-order valence-electron chi connectivity index (χ3n) is 6.19. The fraction of sp³-hybridized carbons (Fsp3) is 0.435. The highest BCUT2D eigenvalue weighted by molar-refractivity contribution is 6.30. The van der Waals surface area contributed by atoms with Gasteiger partial charge in [0.15, 0.2) is 0 Å². The van der Waals surface area contributed by atoms with Gasteiger partial charge in [-0.15, -0.1) is 0 Å². The molecule has 4 rings (SSSR count). The summed E-state index contributed by atoms with van der Waals surface area (Å²) in [7, 11) is 1.69. The van der Waals surface area contributed by atoms with Gasteiger partial charge in [-0.3, -0.25) is 9.69 Å². The Morgan fingerprint density at radius 3 is 2.68 bits per heavy atom. The van der Waals surface area contributed by atoms with Crippen molar-refractivity contribution in [3.63, 3.8) is 0 Å². The van der Waals surface area contributed by atoms with Crippen molar-refractivity contribution in [1.82, 2.24) is 9.80 Å². The minimum atomic E-state index is 0.176. The standard InChI is InChI=1S/C23H27ClN2O2/c1-16(27)26-15-21(18-8-10-20(28-2)11-9-18)23-22(26)7-4-12-25(23)14-17-5-3-6-19(24)13-17/h3,5-6,8-11,13,21-23H,4,7,12,14-15H2,1-2H3/t21-,22-,23-/m1/s1. The second-order valence-corrected chi connectivity index (χ2v) is 8.29. The molecule has 0 saturated carbocycles. The van der Waals surface area contributed by atoms with Crippen LogP contribution in [0.5, 0.6) is 5.75 Å². The van der Waals surface area contributed by atoms with Crippen molar-refractivity contribution in [2.45, 2.75) is 44.3 Å². The summed E-state index contributed by atoms with van der Waals surface area (Å²) in [5, 5.41) is 0.773. The van der Waals surface area contributed by atoms with Gasteiger partial charge in [0.2, 0.25) is 5.91 Å². The first-order valence-corrected chi connectivity index (χ1v) is 10.3. The molecule has 0 unspecified atom stereocenters. The fourth-order valence-electron chi connectivity index (χ4n) is 4.95. The molecular formula is C23H27ClN2O2. The quantitative estimate of drug-likeness (QED) is 0.768. The Bertz CT molecular complexity index is 839. The van der Waals surface area contributed by atoms with Crippen LogP contribution in [0.15, 0.2) is 48.5 Å². The van der Waals surface area contributed by atoms with Gasteiger partial charge in [0.05, 0.1) is 7.11 Å². The highest BCUT2D eigenvalue weighted by Crippen LogP contribution is 2.41. The number of likely N-dealkylation sites (tertiary alicyclic amines) is 2. The van der Waals surface area contributed by atoms with E-state index >= 15 is 0 Å². The van der Waals surface area contributed by atoms with Gasteiger partial charge in [0.25, 0.3) is 0 Å². The van der Waals surface area contributed by atoms with Gasteiger partial charge in [-0.2, -0.15) is 0 Å². The van der Waals surface area contributed by atoms with Crippen molar-refractivity contribution >= 4 is 17.5 Å². The third kappa shape index (κ3) is 3.76. The number of hydrogen-bond acceptors (Lipinski definition) is 3. The van der Waals surface area contributed by atoms with Crippen molar-refractivity contribution in [2.75, 3.05) is 20.2 Å². The molecule has 2 aliphatic heterocycles. The number of piperidine rings is 1. The molecule has 2 fully saturated rings. The van der Waals surface area contributed by atoms with Crippen molar-refractivity contribution in [1.29, 1.82) is 0 Å². The Morgan fingerprint density at radius 2 is 2.00 bits per heavy atom. The zero-order valence-electron chi connectivity index (χ0n) is 16.5. The van der Waals surface area contributed by atoms with E-state index in [0.717, 1.165) is 43.2 Å². The summed E-state index contributed by atoms with van der Waals surface area (Å²) in [5.41, 5.74) is 2.50. The first-order chi connectivity index (χ1) is 13.6. The number of nitrogens with zero attached hydrogens (tertiary/aromatic N) is 2. The molecule has 0 aromatic heterocycles. The third-order valence-corrected chi connectivity index (χ3v) is 6.43. The lowest BCUT2D eigenvalue weighted by molar-refractivity contribution is -0.130. The predicted octanol–water partition coefficient (Wildman–Crippen LogP) is 4.33. The molecule has 5 heteroatoms. The number of ether oxygens (including phenoxy) is 1. The SMILES string of the molecule is COc1ccc([C@H]2CN(C(C)=O)[C@@H]3CCCN(Cc4cccc(Cl)c4)[C@H]23)cc1. The second kappa shape index (κ2) is 8.14. The van der Waals surface area contributed by atoms with Crippen LogP contribution in [0.3, 0.4) is 0 Å². The Labute approximate surface area is 172 Å². The molecule has 0 spiro atoms. The van der Waals surface area contributed by atoms with E-state index in [1.54, 1.807) is 14.0 Å². The van der Waals surface area contributed by atoms with Gasteiger partial charge in [0, 0.05) is 43.0 Å². The lowest BCUT2D eigenvalue weighted by atomic mass is 9.85. The minimum Gasteiger partial charge on any atom is -0.497 e. The molecule has 0 N–H and O–H groups in total. The zero-order chi connectivity index (χ0) is 19.7. The van der Waals surface area contributed by atoms with Crippen molar-refractivity contribution < 1.29 is 9.53 Å². The zero-order valence-corrected chi connectivity index (χ0v) is 17.2. The highest BCUT2D eigenvalue weighted by atomic mass is 35.5. The second-order valence-electron chi connectivity index (χ2n) is 7.85. The first-order valence-electron chi connectivity index (χ1n) is 9.96. The molecule has 2 saturated heterocycles. The normalized spacial score (nSPS) is 24.8. The van der Waals surface area contributed by atoms with Gasteiger partial charge >= 0.3 is 0 Å². The summed E-state index contributed by atoms with van der Waals surface area (Å²) >= 11 is 6.21. The molecule has 3 atom stereocenters. The first kappa shape index (κ1) is 19.3. The molecule has 2 heterocycles. The van der Waals surface area contributed by atoms with Gasteiger partial charge in [0.1, 0.15) is 5.75 Å². The fourth-order valence-corrected chi connectivity index (χ4v) is 5.17. The molecule has 28 heavy (non-hydrogen) atoms. The van der Waals surface area contributed by atoms with Gasteiger partial charge in [-0.1, -0.05) is 35.9 Å². The average Bonchev–Trinajstić information content (AvgIpc) is 3.09. The largest absolute Gasteiger partial charge is 0.497 e. The number of rotatable bonds is 4. The van der Waals surface area contributed by atoms with Crippen LogP contribution in [0.25, 0.3) is 0 Å². The Morgan fingerprint density at radius 1 is 1.21 bits per heavy atom. The van der Waals surface area contributed by atoms with Gasteiger partial charge < -0.3 is 9.64 Å². The molecule has 0 radical (unpaired) electrons. The van der Waals surface area contributed by atoms with E-state index in [2.05, 4.69) is 28.0 Å². The van der Waals surface area contributed by atoms with Crippen molar-refractivity contribution in [3.8, 4) is 5.75 Å². The number of halogens is 1. The summed E-state index contributed by atoms with van der Waals surface area (Å²) < 4.78 is 5.32. The minimum absolute atomic E-state index is 0.176. The number of carbonyl (C=O) groups excluding carboxylic acids is 1. The number of methoxy groups -OCH3 is 1. The smallest absolute Gasteiger partial charge is 0.219 e. The summed E-state index contributed by atoms with van der Waals surface area (Å²) in [6.07, 6.45) is 2.18. The average molecular weight is 399 g/mol. The maximum absolute atomic E-state index is 12.4. The molecule has 2 aliphatic rings. The molecule has 2 aromatic carbocycles. The predicted molar refractivity (Wildman–Crippen MR) is 112 cm³/mol.